The van der Waals surface area contributed by atoms with Gasteiger partial charge in [0, 0.05) is 20.6 Å². The van der Waals surface area contributed by atoms with Gasteiger partial charge in [-0.05, 0) is 26.0 Å². The summed E-state index contributed by atoms with van der Waals surface area (Å²) in [5, 5.41) is 3.24. The van der Waals surface area contributed by atoms with Crippen molar-refractivity contribution in [1.82, 2.24) is 19.8 Å². The Morgan fingerprint density at radius 1 is 1.45 bits per heavy atom. The third-order valence-electron chi connectivity index (χ3n) is 3.67. The molecule has 0 aliphatic rings. The Labute approximate surface area is 119 Å². The molecule has 108 valence electrons. The lowest BCUT2D eigenvalue weighted by molar-refractivity contribution is -0.128. The van der Waals surface area contributed by atoms with E-state index in [1.165, 1.54) is 0 Å². The second-order valence-corrected chi connectivity index (χ2v) is 5.03. The Morgan fingerprint density at radius 3 is 2.80 bits per heavy atom. The molecule has 1 aromatic heterocycles. The number of para-hydroxylation sites is 2. The molecule has 0 aliphatic heterocycles. The summed E-state index contributed by atoms with van der Waals surface area (Å²) in [5.74, 6) is 1.04. The molecule has 0 aliphatic carbocycles. The third kappa shape index (κ3) is 2.82. The zero-order valence-electron chi connectivity index (χ0n) is 12.6. The fraction of sp³-hybridized carbons (Fsp3) is 0.467. The number of fused-ring (bicyclic) bond motifs is 1. The monoisotopic (exact) mass is 274 g/mol. The lowest BCUT2D eigenvalue weighted by Crippen LogP contribution is -2.36. The Kier molecular flexibility index (Phi) is 4.39. The quantitative estimate of drug-likeness (QED) is 0.903. The van der Waals surface area contributed by atoms with Gasteiger partial charge in [-0.2, -0.15) is 0 Å². The minimum absolute atomic E-state index is 0.0293. The van der Waals surface area contributed by atoms with E-state index < -0.39 is 0 Å². The van der Waals surface area contributed by atoms with Crippen LogP contribution in [0.15, 0.2) is 24.3 Å². The molecule has 1 amide bonds. The topological polar surface area (TPSA) is 50.2 Å². The van der Waals surface area contributed by atoms with E-state index in [4.69, 9.17) is 0 Å². The highest BCUT2D eigenvalue weighted by Gasteiger charge is 2.15. The van der Waals surface area contributed by atoms with Crippen molar-refractivity contribution in [3.63, 3.8) is 0 Å². The lowest BCUT2D eigenvalue weighted by atomic mass is 10.3. The van der Waals surface area contributed by atoms with Crippen molar-refractivity contribution < 1.29 is 4.79 Å². The van der Waals surface area contributed by atoms with Gasteiger partial charge in [0.25, 0.3) is 0 Å². The molecular formula is C15H22N4O. The Bertz CT molecular complexity index is 605. The van der Waals surface area contributed by atoms with Gasteiger partial charge in [0.15, 0.2) is 0 Å². The number of carbonyl (C=O) groups excluding carboxylic acids is 1. The van der Waals surface area contributed by atoms with Crippen LogP contribution < -0.4 is 5.32 Å². The molecule has 2 rings (SSSR count). The number of rotatable bonds is 5. The number of likely N-dealkylation sites (N-methyl/N-ethyl adjacent to an activating group) is 1. The van der Waals surface area contributed by atoms with E-state index in [1.54, 1.807) is 4.90 Å². The fourth-order valence-electron chi connectivity index (χ4n) is 2.19. The normalized spacial score (nSPS) is 12.6. The van der Waals surface area contributed by atoms with Crippen molar-refractivity contribution >= 4 is 16.9 Å². The maximum Gasteiger partial charge on any atom is 0.236 e. The van der Waals surface area contributed by atoms with Gasteiger partial charge in [-0.1, -0.05) is 12.1 Å². The molecule has 5 heteroatoms. The summed E-state index contributed by atoms with van der Waals surface area (Å²) < 4.78 is 2.07. The van der Waals surface area contributed by atoms with Crippen molar-refractivity contribution in [2.75, 3.05) is 20.1 Å². The average molecular weight is 274 g/mol. The van der Waals surface area contributed by atoms with Gasteiger partial charge < -0.3 is 9.47 Å². The first-order valence-electron chi connectivity index (χ1n) is 6.93. The highest BCUT2D eigenvalue weighted by atomic mass is 16.2. The van der Waals surface area contributed by atoms with E-state index in [1.807, 2.05) is 46.1 Å². The summed E-state index contributed by atoms with van der Waals surface area (Å²) in [6.45, 7) is 5.04. The first-order chi connectivity index (χ1) is 9.54. The minimum Gasteiger partial charge on any atom is -0.345 e. The van der Waals surface area contributed by atoms with Crippen LogP contribution in [0.25, 0.3) is 11.0 Å². The predicted octanol–water partition coefficient (Wildman–Crippen LogP) is 1.70. The largest absolute Gasteiger partial charge is 0.345 e. The standard InChI is InChI=1S/C15H22N4O/c1-5-18(3)14(20)10-16-11(2)15-17-12-8-6-7-9-13(12)19(15)4/h6-9,11,16H,5,10H2,1-4H3. The van der Waals surface area contributed by atoms with Gasteiger partial charge in [0.2, 0.25) is 5.91 Å². The van der Waals surface area contributed by atoms with E-state index >= 15 is 0 Å². The van der Waals surface area contributed by atoms with Crippen molar-refractivity contribution in [2.45, 2.75) is 19.9 Å². The summed E-state index contributed by atoms with van der Waals surface area (Å²) in [5.41, 5.74) is 2.09. The van der Waals surface area contributed by atoms with Gasteiger partial charge in [0.1, 0.15) is 5.82 Å². The summed E-state index contributed by atoms with van der Waals surface area (Å²) in [6, 6.07) is 8.07. The van der Waals surface area contributed by atoms with Crippen LogP contribution in [0, 0.1) is 0 Å². The Morgan fingerprint density at radius 2 is 2.15 bits per heavy atom. The second kappa shape index (κ2) is 6.05. The van der Waals surface area contributed by atoms with Gasteiger partial charge in [0.05, 0.1) is 23.6 Å². The zero-order chi connectivity index (χ0) is 14.7. The summed E-state index contributed by atoms with van der Waals surface area (Å²) in [7, 11) is 3.81. The number of imidazole rings is 1. The molecule has 0 spiro atoms. The van der Waals surface area contributed by atoms with Crippen molar-refractivity contribution in [3.8, 4) is 0 Å². The second-order valence-electron chi connectivity index (χ2n) is 5.03. The summed E-state index contributed by atoms with van der Waals surface area (Å²) in [6.07, 6.45) is 0. The van der Waals surface area contributed by atoms with E-state index in [0.29, 0.717) is 6.54 Å². The van der Waals surface area contributed by atoms with E-state index in [9.17, 15) is 4.79 Å². The molecule has 1 N–H and O–H groups in total. The number of aromatic nitrogens is 2. The maximum absolute atomic E-state index is 11.8. The lowest BCUT2D eigenvalue weighted by Gasteiger charge is -2.18. The third-order valence-corrected chi connectivity index (χ3v) is 3.67. The molecule has 0 saturated heterocycles. The van der Waals surface area contributed by atoms with Crippen molar-refractivity contribution in [1.29, 1.82) is 0 Å². The SMILES string of the molecule is CCN(C)C(=O)CNC(C)c1nc2ccccc2n1C. The van der Waals surface area contributed by atoms with Gasteiger partial charge >= 0.3 is 0 Å². The van der Waals surface area contributed by atoms with E-state index in [0.717, 1.165) is 23.4 Å². The highest BCUT2D eigenvalue weighted by molar-refractivity contribution is 5.78. The number of hydrogen-bond donors (Lipinski definition) is 1. The van der Waals surface area contributed by atoms with E-state index in [2.05, 4.69) is 20.9 Å². The molecule has 2 aromatic rings. The predicted molar refractivity (Wildman–Crippen MR) is 80.4 cm³/mol. The molecule has 1 heterocycles. The number of benzene rings is 1. The van der Waals surface area contributed by atoms with Crippen LogP contribution in [0.1, 0.15) is 25.7 Å². The molecular weight excluding hydrogens is 252 g/mol. The van der Waals surface area contributed by atoms with Gasteiger partial charge in [-0.3, -0.25) is 10.1 Å². The van der Waals surface area contributed by atoms with Crippen LogP contribution in [0.4, 0.5) is 0 Å². The van der Waals surface area contributed by atoms with Gasteiger partial charge in [-0.15, -0.1) is 0 Å². The summed E-state index contributed by atoms with van der Waals surface area (Å²) in [4.78, 5) is 18.1. The highest BCUT2D eigenvalue weighted by Crippen LogP contribution is 2.18. The number of carbonyl (C=O) groups is 1. The molecule has 1 unspecified atom stereocenters. The van der Waals surface area contributed by atoms with Crippen LogP contribution in [-0.2, 0) is 11.8 Å². The summed E-state index contributed by atoms with van der Waals surface area (Å²) >= 11 is 0. The molecule has 1 atom stereocenters. The Hall–Kier alpha value is -1.88. The Balaban J connectivity index is 2.10. The van der Waals surface area contributed by atoms with Gasteiger partial charge in [-0.25, -0.2) is 4.98 Å². The minimum atomic E-state index is 0.0293. The number of hydrogen-bond acceptors (Lipinski definition) is 3. The van der Waals surface area contributed by atoms with E-state index in [-0.39, 0.29) is 11.9 Å². The molecule has 0 fully saturated rings. The zero-order valence-corrected chi connectivity index (χ0v) is 12.6. The van der Waals surface area contributed by atoms with Crippen molar-refractivity contribution in [2.24, 2.45) is 7.05 Å². The fourth-order valence-corrected chi connectivity index (χ4v) is 2.19. The molecule has 5 nitrogen and oxygen atoms in total. The van der Waals surface area contributed by atoms with Crippen LogP contribution >= 0.6 is 0 Å². The number of nitrogens with zero attached hydrogens (tertiary/aromatic N) is 3. The van der Waals surface area contributed by atoms with Crippen LogP contribution in [-0.4, -0.2) is 40.5 Å². The number of aryl methyl sites for hydroxylation is 1. The smallest absolute Gasteiger partial charge is 0.236 e. The molecule has 20 heavy (non-hydrogen) atoms. The average Bonchev–Trinajstić information content (AvgIpc) is 2.81. The maximum atomic E-state index is 11.8. The van der Waals surface area contributed by atoms with Crippen molar-refractivity contribution in [3.05, 3.63) is 30.1 Å². The molecule has 0 saturated carbocycles. The molecule has 0 bridgehead atoms. The van der Waals surface area contributed by atoms with Crippen LogP contribution in [0.2, 0.25) is 0 Å². The number of amides is 1. The first-order valence-corrected chi connectivity index (χ1v) is 6.93. The molecule has 0 radical (unpaired) electrons. The molecule has 1 aromatic carbocycles. The van der Waals surface area contributed by atoms with Crippen LogP contribution in [0.5, 0.6) is 0 Å². The van der Waals surface area contributed by atoms with Crippen LogP contribution in [0.3, 0.4) is 0 Å². The number of nitrogens with one attached hydrogen (secondary N) is 1. The first kappa shape index (κ1) is 14.5.